The van der Waals surface area contributed by atoms with E-state index in [9.17, 15) is 18.5 Å². The van der Waals surface area contributed by atoms with Gasteiger partial charge in [-0.2, -0.15) is 5.10 Å². The number of hydrogen-bond acceptors (Lipinski definition) is 5. The van der Waals surface area contributed by atoms with Crippen LogP contribution in [0.1, 0.15) is 0 Å². The van der Waals surface area contributed by atoms with Crippen molar-refractivity contribution in [3.05, 3.63) is 94.0 Å². The average molecular weight is 454 g/mol. The van der Waals surface area contributed by atoms with Gasteiger partial charge in [-0.3, -0.25) is 10.1 Å². The van der Waals surface area contributed by atoms with E-state index in [0.29, 0.717) is 27.7 Å². The molecule has 0 bridgehead atoms. The van der Waals surface area contributed by atoms with E-state index in [4.69, 9.17) is 11.6 Å². The number of benzene rings is 3. The number of halogens is 1. The molecular formula is C22H16ClN3O4S. The quantitative estimate of drug-likeness (QED) is 0.307. The lowest BCUT2D eigenvalue weighted by atomic mass is 10.1. The molecule has 0 aliphatic carbocycles. The van der Waals surface area contributed by atoms with E-state index in [1.165, 1.54) is 24.3 Å². The maximum absolute atomic E-state index is 11.8. The van der Waals surface area contributed by atoms with Crippen molar-refractivity contribution in [2.45, 2.75) is 4.90 Å². The maximum atomic E-state index is 11.8. The summed E-state index contributed by atoms with van der Waals surface area (Å²) in [6.07, 6.45) is 1.14. The number of nitro groups is 1. The highest BCUT2D eigenvalue weighted by molar-refractivity contribution is 7.90. The van der Waals surface area contributed by atoms with Gasteiger partial charge in [-0.1, -0.05) is 35.9 Å². The highest BCUT2D eigenvalue weighted by atomic mass is 35.5. The molecule has 0 aliphatic heterocycles. The summed E-state index contributed by atoms with van der Waals surface area (Å²) in [5, 5.41) is 16.5. The van der Waals surface area contributed by atoms with E-state index in [-0.39, 0.29) is 10.6 Å². The molecule has 0 saturated heterocycles. The fraction of sp³-hybridized carbons (Fsp3) is 0.0455. The van der Waals surface area contributed by atoms with Crippen LogP contribution < -0.4 is 0 Å². The van der Waals surface area contributed by atoms with Crippen LogP contribution in [0.3, 0.4) is 0 Å². The first-order valence-electron chi connectivity index (χ1n) is 9.14. The van der Waals surface area contributed by atoms with Crippen LogP contribution in [-0.4, -0.2) is 29.4 Å². The molecule has 0 saturated carbocycles. The lowest BCUT2D eigenvalue weighted by Gasteiger charge is -2.08. The molecule has 156 valence electrons. The number of hydrogen-bond donors (Lipinski definition) is 0. The van der Waals surface area contributed by atoms with Crippen LogP contribution in [0.5, 0.6) is 0 Å². The van der Waals surface area contributed by atoms with Crippen LogP contribution >= 0.6 is 11.6 Å². The first-order chi connectivity index (χ1) is 14.7. The van der Waals surface area contributed by atoms with Gasteiger partial charge < -0.3 is 0 Å². The summed E-state index contributed by atoms with van der Waals surface area (Å²) in [5.74, 6) is 0. The molecule has 0 radical (unpaired) electrons. The third-order valence-electron chi connectivity index (χ3n) is 4.71. The van der Waals surface area contributed by atoms with Crippen molar-refractivity contribution in [2.75, 3.05) is 6.26 Å². The first-order valence-corrected chi connectivity index (χ1v) is 11.4. The van der Waals surface area contributed by atoms with Crippen molar-refractivity contribution >= 4 is 27.1 Å². The topological polar surface area (TPSA) is 95.1 Å². The zero-order valence-electron chi connectivity index (χ0n) is 16.3. The monoisotopic (exact) mass is 453 g/mol. The van der Waals surface area contributed by atoms with Crippen LogP contribution in [0, 0.1) is 10.1 Å². The fourth-order valence-electron chi connectivity index (χ4n) is 3.16. The van der Waals surface area contributed by atoms with Gasteiger partial charge in [0, 0.05) is 34.5 Å². The number of sulfone groups is 1. The van der Waals surface area contributed by atoms with Crippen molar-refractivity contribution in [2.24, 2.45) is 0 Å². The molecule has 3 aromatic carbocycles. The zero-order valence-corrected chi connectivity index (χ0v) is 17.8. The van der Waals surface area contributed by atoms with Gasteiger partial charge in [-0.25, -0.2) is 13.1 Å². The first kappa shape index (κ1) is 20.8. The van der Waals surface area contributed by atoms with Crippen LogP contribution in [-0.2, 0) is 9.84 Å². The Kier molecular flexibility index (Phi) is 5.34. The predicted molar refractivity (Wildman–Crippen MR) is 119 cm³/mol. The second-order valence-corrected chi connectivity index (χ2v) is 9.36. The van der Waals surface area contributed by atoms with Gasteiger partial charge in [-0.15, -0.1) is 0 Å². The molecule has 0 N–H and O–H groups in total. The predicted octanol–water partition coefficient (Wildman–Crippen LogP) is 5.17. The normalized spacial score (nSPS) is 11.4. The Balaban J connectivity index is 1.89. The van der Waals surface area contributed by atoms with E-state index in [1.54, 1.807) is 41.1 Å². The molecule has 4 rings (SSSR count). The largest absolute Gasteiger partial charge is 0.270 e. The van der Waals surface area contributed by atoms with Gasteiger partial charge >= 0.3 is 0 Å². The third kappa shape index (κ3) is 4.35. The molecule has 1 aromatic heterocycles. The Bertz CT molecular complexity index is 1380. The summed E-state index contributed by atoms with van der Waals surface area (Å²) in [5.41, 5.74) is 3.28. The van der Waals surface area contributed by atoms with Crippen LogP contribution in [0.2, 0.25) is 5.02 Å². The molecule has 9 heteroatoms. The van der Waals surface area contributed by atoms with Gasteiger partial charge in [0.1, 0.15) is 0 Å². The SMILES string of the molecule is CS(=O)(=O)c1ccc(-n2nc(-c3ccc(Cl)cc3)cc2-c2cccc([N+](=O)[O-])c2)cc1. The summed E-state index contributed by atoms with van der Waals surface area (Å²) in [4.78, 5) is 11.0. The Hall–Kier alpha value is -3.49. The van der Waals surface area contributed by atoms with Gasteiger partial charge in [0.25, 0.3) is 5.69 Å². The molecule has 0 atom stereocenters. The second kappa shape index (κ2) is 7.98. The van der Waals surface area contributed by atoms with Crippen molar-refractivity contribution in [3.63, 3.8) is 0 Å². The third-order valence-corrected chi connectivity index (χ3v) is 6.09. The molecule has 0 fully saturated rings. The van der Waals surface area contributed by atoms with Gasteiger partial charge in [0.15, 0.2) is 9.84 Å². The van der Waals surface area contributed by atoms with Crippen molar-refractivity contribution in [3.8, 4) is 28.2 Å². The summed E-state index contributed by atoms with van der Waals surface area (Å²) >= 11 is 5.99. The van der Waals surface area contributed by atoms with Crippen molar-refractivity contribution in [1.29, 1.82) is 0 Å². The molecule has 0 aliphatic rings. The molecule has 0 spiro atoms. The Morgan fingerprint density at radius 1 is 0.935 bits per heavy atom. The van der Waals surface area contributed by atoms with Crippen molar-refractivity contribution in [1.82, 2.24) is 9.78 Å². The average Bonchev–Trinajstić information content (AvgIpc) is 3.19. The smallest absolute Gasteiger partial charge is 0.258 e. The number of nitrogens with zero attached hydrogens (tertiary/aromatic N) is 3. The molecule has 7 nitrogen and oxygen atoms in total. The van der Waals surface area contributed by atoms with Crippen LogP contribution in [0.25, 0.3) is 28.2 Å². The molecule has 31 heavy (non-hydrogen) atoms. The minimum atomic E-state index is -3.34. The summed E-state index contributed by atoms with van der Waals surface area (Å²) in [6.45, 7) is 0. The highest BCUT2D eigenvalue weighted by Crippen LogP contribution is 2.31. The number of rotatable bonds is 5. The van der Waals surface area contributed by atoms with Crippen molar-refractivity contribution < 1.29 is 13.3 Å². The van der Waals surface area contributed by atoms with E-state index >= 15 is 0 Å². The number of nitro benzene ring substituents is 1. The molecule has 1 heterocycles. The lowest BCUT2D eigenvalue weighted by Crippen LogP contribution is -2.02. The lowest BCUT2D eigenvalue weighted by molar-refractivity contribution is -0.384. The summed E-state index contributed by atoms with van der Waals surface area (Å²) in [6, 6.07) is 21.6. The fourth-order valence-corrected chi connectivity index (χ4v) is 3.92. The van der Waals surface area contributed by atoms with E-state index < -0.39 is 14.8 Å². The molecule has 0 unspecified atom stereocenters. The van der Waals surface area contributed by atoms with Crippen LogP contribution in [0.15, 0.2) is 83.8 Å². The van der Waals surface area contributed by atoms with E-state index in [2.05, 4.69) is 5.10 Å². The zero-order chi connectivity index (χ0) is 22.2. The Morgan fingerprint density at radius 2 is 1.61 bits per heavy atom. The standard InChI is InChI=1S/C22H16ClN3O4S/c1-31(29,30)20-11-9-18(10-12-20)25-22(16-3-2-4-19(13-16)26(27)28)14-21(24-25)15-5-7-17(23)8-6-15/h2-14H,1H3. The molecule has 4 aromatic rings. The van der Waals surface area contributed by atoms with Gasteiger partial charge in [0.05, 0.1) is 26.9 Å². The summed E-state index contributed by atoms with van der Waals surface area (Å²) in [7, 11) is -3.34. The number of non-ortho nitro benzene ring substituents is 1. The molecule has 0 amide bonds. The van der Waals surface area contributed by atoms with Crippen LogP contribution in [0.4, 0.5) is 5.69 Å². The highest BCUT2D eigenvalue weighted by Gasteiger charge is 2.16. The minimum absolute atomic E-state index is 0.0364. The maximum Gasteiger partial charge on any atom is 0.270 e. The van der Waals surface area contributed by atoms with E-state index in [1.807, 2.05) is 18.2 Å². The van der Waals surface area contributed by atoms with Gasteiger partial charge in [-0.05, 0) is 42.5 Å². The van der Waals surface area contributed by atoms with Gasteiger partial charge in [0.2, 0.25) is 0 Å². The van der Waals surface area contributed by atoms with E-state index in [0.717, 1.165) is 11.8 Å². The second-order valence-electron chi connectivity index (χ2n) is 6.91. The minimum Gasteiger partial charge on any atom is -0.258 e. The summed E-state index contributed by atoms with van der Waals surface area (Å²) < 4.78 is 25.2. The number of aromatic nitrogens is 2. The Labute approximate surface area is 183 Å². The molecular weight excluding hydrogens is 438 g/mol. The Morgan fingerprint density at radius 3 is 2.23 bits per heavy atom.